The SMILES string of the molecule is CCC1CCC(O)(C(F)C(=O)O)C1. The third-order valence-corrected chi connectivity index (χ3v) is 2.89. The number of rotatable bonds is 3. The summed E-state index contributed by atoms with van der Waals surface area (Å²) >= 11 is 0. The average molecular weight is 190 g/mol. The molecular weight excluding hydrogens is 175 g/mol. The lowest BCUT2D eigenvalue weighted by Gasteiger charge is -2.23. The lowest BCUT2D eigenvalue weighted by molar-refractivity contribution is -0.154. The van der Waals surface area contributed by atoms with Crippen LogP contribution in [0.2, 0.25) is 0 Å². The highest BCUT2D eigenvalue weighted by Gasteiger charge is 2.47. The van der Waals surface area contributed by atoms with Crippen LogP contribution >= 0.6 is 0 Å². The van der Waals surface area contributed by atoms with Gasteiger partial charge in [0.2, 0.25) is 6.17 Å². The van der Waals surface area contributed by atoms with E-state index in [1.54, 1.807) is 0 Å². The molecule has 3 unspecified atom stereocenters. The molecule has 0 heterocycles. The number of aliphatic carboxylic acids is 1. The normalized spacial score (nSPS) is 36.1. The highest BCUT2D eigenvalue weighted by atomic mass is 19.1. The topological polar surface area (TPSA) is 57.5 Å². The molecule has 0 radical (unpaired) electrons. The molecule has 0 aromatic heterocycles. The van der Waals surface area contributed by atoms with Gasteiger partial charge in [-0.2, -0.15) is 0 Å². The standard InChI is InChI=1S/C9H15FO3/c1-2-6-3-4-9(13,5-6)7(10)8(11)12/h6-7,13H,2-5H2,1H3,(H,11,12). The summed E-state index contributed by atoms with van der Waals surface area (Å²) in [6.07, 6.45) is -0.00489. The second-order valence-corrected chi connectivity index (χ2v) is 3.82. The van der Waals surface area contributed by atoms with Gasteiger partial charge in [-0.3, -0.25) is 0 Å². The molecule has 0 aromatic carbocycles. The fourth-order valence-corrected chi connectivity index (χ4v) is 1.97. The molecule has 4 heteroatoms. The first-order valence-electron chi connectivity index (χ1n) is 4.59. The summed E-state index contributed by atoms with van der Waals surface area (Å²) < 4.78 is 13.1. The lowest BCUT2D eigenvalue weighted by atomic mass is 9.94. The number of hydrogen-bond acceptors (Lipinski definition) is 2. The van der Waals surface area contributed by atoms with E-state index in [0.29, 0.717) is 0 Å². The Morgan fingerprint density at radius 1 is 1.77 bits per heavy atom. The molecule has 2 N–H and O–H groups in total. The van der Waals surface area contributed by atoms with Gasteiger partial charge in [0.1, 0.15) is 5.60 Å². The molecule has 0 amide bonds. The Morgan fingerprint density at radius 2 is 2.38 bits per heavy atom. The Bertz CT molecular complexity index is 207. The fourth-order valence-electron chi connectivity index (χ4n) is 1.97. The van der Waals surface area contributed by atoms with E-state index in [0.717, 1.165) is 12.8 Å². The van der Waals surface area contributed by atoms with Crippen molar-refractivity contribution in [1.82, 2.24) is 0 Å². The summed E-state index contributed by atoms with van der Waals surface area (Å²) in [5, 5.41) is 18.1. The summed E-state index contributed by atoms with van der Waals surface area (Å²) in [6, 6.07) is 0. The largest absolute Gasteiger partial charge is 0.479 e. The maximum atomic E-state index is 13.1. The van der Waals surface area contributed by atoms with Crippen molar-refractivity contribution in [2.45, 2.75) is 44.4 Å². The minimum Gasteiger partial charge on any atom is -0.479 e. The Kier molecular flexibility index (Phi) is 2.91. The zero-order chi connectivity index (χ0) is 10.1. The monoisotopic (exact) mass is 190 g/mol. The third-order valence-electron chi connectivity index (χ3n) is 2.89. The first-order valence-corrected chi connectivity index (χ1v) is 4.59. The van der Waals surface area contributed by atoms with Crippen molar-refractivity contribution >= 4 is 5.97 Å². The molecule has 0 aliphatic heterocycles. The summed E-state index contributed by atoms with van der Waals surface area (Å²) in [5.41, 5.74) is -1.62. The van der Waals surface area contributed by atoms with Gasteiger partial charge in [-0.15, -0.1) is 0 Å². The number of carboxylic acids is 1. The Hall–Kier alpha value is -0.640. The smallest absolute Gasteiger partial charge is 0.341 e. The van der Waals surface area contributed by atoms with E-state index >= 15 is 0 Å². The molecule has 3 atom stereocenters. The van der Waals surface area contributed by atoms with E-state index in [1.807, 2.05) is 6.92 Å². The van der Waals surface area contributed by atoms with Gasteiger partial charge < -0.3 is 10.2 Å². The van der Waals surface area contributed by atoms with Crippen molar-refractivity contribution in [3.8, 4) is 0 Å². The van der Waals surface area contributed by atoms with Gasteiger partial charge in [-0.1, -0.05) is 13.3 Å². The molecule has 0 spiro atoms. The van der Waals surface area contributed by atoms with Crippen molar-refractivity contribution in [2.24, 2.45) is 5.92 Å². The van der Waals surface area contributed by atoms with Gasteiger partial charge in [0.25, 0.3) is 0 Å². The van der Waals surface area contributed by atoms with Crippen LogP contribution in [0, 0.1) is 5.92 Å². The van der Waals surface area contributed by atoms with Gasteiger partial charge in [-0.25, -0.2) is 9.18 Å². The molecule has 3 nitrogen and oxygen atoms in total. The molecule has 1 fully saturated rings. The third kappa shape index (κ3) is 1.99. The predicted molar refractivity (Wildman–Crippen MR) is 45.1 cm³/mol. The molecule has 1 saturated carbocycles. The Morgan fingerprint density at radius 3 is 2.77 bits per heavy atom. The van der Waals surface area contributed by atoms with E-state index in [9.17, 15) is 14.3 Å². The zero-order valence-corrected chi connectivity index (χ0v) is 7.66. The van der Waals surface area contributed by atoms with Crippen LogP contribution in [0.3, 0.4) is 0 Å². The first kappa shape index (κ1) is 10.4. The Labute approximate surface area is 76.6 Å². The van der Waals surface area contributed by atoms with Gasteiger partial charge in [0.15, 0.2) is 0 Å². The molecule has 0 bridgehead atoms. The van der Waals surface area contributed by atoms with Crippen molar-refractivity contribution in [2.75, 3.05) is 0 Å². The molecule has 13 heavy (non-hydrogen) atoms. The molecule has 0 saturated heterocycles. The summed E-state index contributed by atoms with van der Waals surface area (Å²) in [7, 11) is 0. The highest BCUT2D eigenvalue weighted by Crippen LogP contribution is 2.39. The lowest BCUT2D eigenvalue weighted by Crippen LogP contribution is -2.42. The van der Waals surface area contributed by atoms with Crippen LogP contribution < -0.4 is 0 Å². The molecule has 1 rings (SSSR count). The highest BCUT2D eigenvalue weighted by molar-refractivity contribution is 5.73. The predicted octanol–water partition coefficient (Wildman–Crippen LogP) is 1.35. The van der Waals surface area contributed by atoms with Crippen LogP contribution in [0.4, 0.5) is 4.39 Å². The Balaban J connectivity index is 2.63. The summed E-state index contributed by atoms with van der Waals surface area (Å²) in [5.74, 6) is -1.29. The van der Waals surface area contributed by atoms with Crippen LogP contribution in [0.5, 0.6) is 0 Å². The van der Waals surface area contributed by atoms with E-state index in [-0.39, 0.29) is 18.8 Å². The zero-order valence-electron chi connectivity index (χ0n) is 7.66. The van der Waals surface area contributed by atoms with E-state index in [2.05, 4.69) is 0 Å². The first-order chi connectivity index (χ1) is 5.99. The number of aliphatic hydroxyl groups is 1. The van der Waals surface area contributed by atoms with Crippen LogP contribution in [-0.2, 0) is 4.79 Å². The van der Waals surface area contributed by atoms with Crippen molar-refractivity contribution in [3.05, 3.63) is 0 Å². The minimum absolute atomic E-state index is 0.263. The number of hydrogen-bond donors (Lipinski definition) is 2. The van der Waals surface area contributed by atoms with Crippen molar-refractivity contribution in [3.63, 3.8) is 0 Å². The van der Waals surface area contributed by atoms with Crippen LogP contribution in [-0.4, -0.2) is 28.0 Å². The van der Waals surface area contributed by atoms with Gasteiger partial charge >= 0.3 is 5.97 Å². The number of carboxylic acid groups (broad SMARTS) is 1. The fraction of sp³-hybridized carbons (Fsp3) is 0.889. The maximum Gasteiger partial charge on any atom is 0.341 e. The average Bonchev–Trinajstić information content (AvgIpc) is 2.47. The van der Waals surface area contributed by atoms with Gasteiger partial charge in [-0.05, 0) is 25.2 Å². The molecule has 76 valence electrons. The second kappa shape index (κ2) is 3.62. The van der Waals surface area contributed by atoms with Crippen molar-refractivity contribution in [1.29, 1.82) is 0 Å². The van der Waals surface area contributed by atoms with E-state index in [1.165, 1.54) is 0 Å². The van der Waals surface area contributed by atoms with Crippen LogP contribution in [0.15, 0.2) is 0 Å². The molecule has 1 aliphatic carbocycles. The maximum absolute atomic E-state index is 13.1. The van der Waals surface area contributed by atoms with E-state index in [4.69, 9.17) is 5.11 Å². The molecular formula is C9H15FO3. The number of halogens is 1. The van der Waals surface area contributed by atoms with Gasteiger partial charge in [0, 0.05) is 0 Å². The van der Waals surface area contributed by atoms with Gasteiger partial charge in [0.05, 0.1) is 0 Å². The summed E-state index contributed by atoms with van der Waals surface area (Å²) in [4.78, 5) is 10.4. The van der Waals surface area contributed by atoms with Crippen LogP contribution in [0.25, 0.3) is 0 Å². The van der Waals surface area contributed by atoms with Crippen LogP contribution in [0.1, 0.15) is 32.6 Å². The molecule has 1 aliphatic rings. The van der Waals surface area contributed by atoms with Crippen molar-refractivity contribution < 1.29 is 19.4 Å². The second-order valence-electron chi connectivity index (χ2n) is 3.82. The summed E-state index contributed by atoms with van der Waals surface area (Å²) in [6.45, 7) is 1.96. The number of carbonyl (C=O) groups is 1. The quantitative estimate of drug-likeness (QED) is 0.706. The minimum atomic E-state index is -2.14. The number of alkyl halides is 1. The van der Waals surface area contributed by atoms with E-state index < -0.39 is 17.7 Å². The molecule has 0 aromatic rings.